The Bertz CT molecular complexity index is 1350. The van der Waals surface area contributed by atoms with Crippen molar-refractivity contribution in [3.8, 4) is 0 Å². The Labute approximate surface area is 212 Å². The van der Waals surface area contributed by atoms with E-state index in [1.807, 2.05) is 0 Å². The summed E-state index contributed by atoms with van der Waals surface area (Å²) in [4.78, 5) is 19.3. The van der Waals surface area contributed by atoms with Gasteiger partial charge in [0.05, 0.1) is 26.8 Å². The Morgan fingerprint density at radius 2 is 1.42 bits per heavy atom. The largest absolute Gasteiger partial charge is 0.371 e. The molecule has 2 aliphatic rings. The summed E-state index contributed by atoms with van der Waals surface area (Å²) in [5.41, 5.74) is 1.42. The van der Waals surface area contributed by atoms with Crippen molar-refractivity contribution >= 4 is 37.0 Å². The summed E-state index contributed by atoms with van der Waals surface area (Å²) in [5, 5.41) is 0. The van der Waals surface area contributed by atoms with Crippen LogP contribution in [0.5, 0.6) is 0 Å². The number of anilines is 2. The minimum Gasteiger partial charge on any atom is -0.371 e. The fourth-order valence-electron chi connectivity index (χ4n) is 4.80. The molecule has 196 valence electrons. The first-order chi connectivity index (χ1) is 17.0. The minimum atomic E-state index is -3.51. The SMILES string of the molecule is CCCS(=O)(=O)c1ccc(N2CCCC2)c(C(=O)N2CCN(c3ccc(S(C)(=O)=O)cc3F)CC2)c1. The van der Waals surface area contributed by atoms with Crippen LogP contribution in [0.4, 0.5) is 15.8 Å². The number of sulfone groups is 2. The molecule has 0 saturated carbocycles. The van der Waals surface area contributed by atoms with Gasteiger partial charge in [0.1, 0.15) is 5.82 Å². The molecule has 2 aromatic carbocycles. The van der Waals surface area contributed by atoms with Crippen molar-refractivity contribution in [1.82, 2.24) is 4.90 Å². The van der Waals surface area contributed by atoms with E-state index in [1.54, 1.807) is 28.9 Å². The molecule has 2 saturated heterocycles. The highest BCUT2D eigenvalue weighted by atomic mass is 32.2. The van der Waals surface area contributed by atoms with E-state index in [4.69, 9.17) is 0 Å². The van der Waals surface area contributed by atoms with E-state index in [-0.39, 0.29) is 21.5 Å². The zero-order chi connectivity index (χ0) is 26.1. The van der Waals surface area contributed by atoms with Gasteiger partial charge in [-0.05, 0) is 55.7 Å². The molecule has 0 spiro atoms. The number of carbonyl (C=O) groups excluding carboxylic acids is 1. The number of benzene rings is 2. The number of nitrogens with zero attached hydrogens (tertiary/aromatic N) is 3. The maximum Gasteiger partial charge on any atom is 0.256 e. The second-order valence-electron chi connectivity index (χ2n) is 9.36. The van der Waals surface area contributed by atoms with E-state index >= 15 is 0 Å². The molecule has 0 N–H and O–H groups in total. The van der Waals surface area contributed by atoms with E-state index in [0.29, 0.717) is 43.9 Å². The molecule has 0 aliphatic carbocycles. The lowest BCUT2D eigenvalue weighted by Gasteiger charge is -2.37. The van der Waals surface area contributed by atoms with Gasteiger partial charge in [0.25, 0.3) is 5.91 Å². The normalized spacial score (nSPS) is 17.0. The molecule has 0 radical (unpaired) electrons. The smallest absolute Gasteiger partial charge is 0.256 e. The van der Waals surface area contributed by atoms with Crippen molar-refractivity contribution in [3.05, 3.63) is 47.8 Å². The molecule has 11 heteroatoms. The van der Waals surface area contributed by atoms with Gasteiger partial charge in [0.15, 0.2) is 19.7 Å². The van der Waals surface area contributed by atoms with Gasteiger partial charge in [-0.3, -0.25) is 4.79 Å². The maximum absolute atomic E-state index is 14.7. The van der Waals surface area contributed by atoms with Crippen LogP contribution in [-0.4, -0.2) is 78.9 Å². The first-order valence-corrected chi connectivity index (χ1v) is 15.7. The Balaban J connectivity index is 1.56. The third kappa shape index (κ3) is 5.51. The minimum absolute atomic E-state index is 0.0199. The molecule has 8 nitrogen and oxygen atoms in total. The van der Waals surface area contributed by atoms with Gasteiger partial charge in [-0.15, -0.1) is 0 Å². The van der Waals surface area contributed by atoms with Crippen molar-refractivity contribution in [2.75, 3.05) is 61.1 Å². The van der Waals surface area contributed by atoms with E-state index in [0.717, 1.165) is 43.9 Å². The maximum atomic E-state index is 14.7. The standard InChI is InChI=1S/C25H32FN3O5S2/c1-3-16-36(33,34)20-7-8-23(27-10-4-5-11-27)21(17-20)25(30)29-14-12-28(13-15-29)24-9-6-19(18-22(24)26)35(2,31)32/h6-9,17-18H,3-5,10-16H2,1-2H3. The van der Waals surface area contributed by atoms with Crippen LogP contribution in [0.15, 0.2) is 46.2 Å². The zero-order valence-corrected chi connectivity index (χ0v) is 22.2. The third-order valence-electron chi connectivity index (χ3n) is 6.73. The van der Waals surface area contributed by atoms with Gasteiger partial charge in [0, 0.05) is 51.2 Å². The Hall–Kier alpha value is -2.66. The van der Waals surface area contributed by atoms with Crippen molar-refractivity contribution in [2.24, 2.45) is 0 Å². The number of piperazine rings is 1. The molecule has 36 heavy (non-hydrogen) atoms. The van der Waals surface area contributed by atoms with Gasteiger partial charge in [-0.1, -0.05) is 6.92 Å². The average Bonchev–Trinajstić information content (AvgIpc) is 3.37. The molecular formula is C25H32FN3O5S2. The van der Waals surface area contributed by atoms with Crippen LogP contribution >= 0.6 is 0 Å². The Morgan fingerprint density at radius 3 is 2.00 bits per heavy atom. The van der Waals surface area contributed by atoms with Crippen LogP contribution in [0.25, 0.3) is 0 Å². The van der Waals surface area contributed by atoms with Crippen molar-refractivity contribution in [1.29, 1.82) is 0 Å². The lowest BCUT2D eigenvalue weighted by Crippen LogP contribution is -2.49. The highest BCUT2D eigenvalue weighted by molar-refractivity contribution is 7.91. The molecule has 4 rings (SSSR count). The van der Waals surface area contributed by atoms with Gasteiger partial charge >= 0.3 is 0 Å². The van der Waals surface area contributed by atoms with Crippen LogP contribution in [0.3, 0.4) is 0 Å². The number of amides is 1. The monoisotopic (exact) mass is 537 g/mol. The second-order valence-corrected chi connectivity index (χ2v) is 13.5. The lowest BCUT2D eigenvalue weighted by atomic mass is 10.1. The highest BCUT2D eigenvalue weighted by Gasteiger charge is 2.29. The van der Waals surface area contributed by atoms with E-state index < -0.39 is 25.5 Å². The summed E-state index contributed by atoms with van der Waals surface area (Å²) in [6, 6.07) is 8.71. The van der Waals surface area contributed by atoms with E-state index in [1.165, 1.54) is 18.2 Å². The summed E-state index contributed by atoms with van der Waals surface area (Å²) in [5.74, 6) is -0.840. The van der Waals surface area contributed by atoms with Crippen LogP contribution in [0.2, 0.25) is 0 Å². The molecular weight excluding hydrogens is 505 g/mol. The Kier molecular flexibility index (Phi) is 7.61. The molecule has 2 fully saturated rings. The fourth-order valence-corrected chi connectivity index (χ4v) is 6.77. The van der Waals surface area contributed by atoms with Crippen molar-refractivity contribution in [3.63, 3.8) is 0 Å². The summed E-state index contributed by atoms with van der Waals surface area (Å²) < 4.78 is 63.5. The van der Waals surface area contributed by atoms with Gasteiger partial charge in [-0.2, -0.15) is 0 Å². The van der Waals surface area contributed by atoms with Gasteiger partial charge in [-0.25, -0.2) is 21.2 Å². The molecule has 2 aromatic rings. The lowest BCUT2D eigenvalue weighted by molar-refractivity contribution is 0.0747. The number of hydrogen-bond donors (Lipinski definition) is 0. The number of halogens is 1. The summed E-state index contributed by atoms with van der Waals surface area (Å²) >= 11 is 0. The first kappa shape index (κ1) is 26.4. The predicted octanol–water partition coefficient (Wildman–Crippen LogP) is 2.98. The summed E-state index contributed by atoms with van der Waals surface area (Å²) in [6.45, 7) is 4.84. The summed E-state index contributed by atoms with van der Waals surface area (Å²) in [6.07, 6.45) is 3.56. The van der Waals surface area contributed by atoms with Gasteiger partial charge < -0.3 is 14.7 Å². The molecule has 1 amide bonds. The van der Waals surface area contributed by atoms with E-state index in [2.05, 4.69) is 4.90 Å². The van der Waals surface area contributed by atoms with Crippen molar-refractivity contribution in [2.45, 2.75) is 36.0 Å². The second kappa shape index (κ2) is 10.4. The van der Waals surface area contributed by atoms with Crippen molar-refractivity contribution < 1.29 is 26.0 Å². The molecule has 0 aromatic heterocycles. The van der Waals surface area contributed by atoms with Gasteiger partial charge in [0.2, 0.25) is 0 Å². The van der Waals surface area contributed by atoms with E-state index in [9.17, 15) is 26.0 Å². The molecule has 0 atom stereocenters. The van der Waals surface area contributed by atoms with Crippen LogP contribution in [-0.2, 0) is 19.7 Å². The highest BCUT2D eigenvalue weighted by Crippen LogP contribution is 2.30. The molecule has 0 bridgehead atoms. The molecule has 0 unspecified atom stereocenters. The van der Waals surface area contributed by atoms with Crippen LogP contribution < -0.4 is 9.80 Å². The zero-order valence-electron chi connectivity index (χ0n) is 20.6. The molecule has 2 aliphatic heterocycles. The number of carbonyl (C=O) groups is 1. The first-order valence-electron chi connectivity index (χ1n) is 12.2. The number of hydrogen-bond acceptors (Lipinski definition) is 7. The van der Waals surface area contributed by atoms with Crippen LogP contribution in [0.1, 0.15) is 36.5 Å². The predicted molar refractivity (Wildman–Crippen MR) is 138 cm³/mol. The average molecular weight is 538 g/mol. The third-order valence-corrected chi connectivity index (χ3v) is 9.76. The Morgan fingerprint density at radius 1 is 0.833 bits per heavy atom. The fraction of sp³-hybridized carbons (Fsp3) is 0.480. The molecule has 2 heterocycles. The van der Waals surface area contributed by atoms with Crippen LogP contribution in [0, 0.1) is 5.82 Å². The number of rotatable bonds is 7. The summed E-state index contributed by atoms with van der Waals surface area (Å²) in [7, 11) is -6.99. The quantitative estimate of drug-likeness (QED) is 0.536. The topological polar surface area (TPSA) is 95.1 Å².